The van der Waals surface area contributed by atoms with Crippen LogP contribution in [0.15, 0.2) is 36.4 Å². The number of carbonyl (C=O) groups is 1. The average Bonchev–Trinajstić information content (AvgIpc) is 3.12. The zero-order valence-electron chi connectivity index (χ0n) is 16.5. The monoisotopic (exact) mass is 390 g/mol. The van der Waals surface area contributed by atoms with Crippen LogP contribution in [-0.4, -0.2) is 54.9 Å². The van der Waals surface area contributed by atoms with E-state index in [1.165, 1.54) is 6.08 Å². The molecule has 152 valence electrons. The molecule has 28 heavy (non-hydrogen) atoms. The smallest absolute Gasteiger partial charge is 0.330 e. The molecule has 0 radical (unpaired) electrons. The quantitative estimate of drug-likeness (QED) is 0.578. The molecule has 3 fully saturated rings. The maximum absolute atomic E-state index is 12.1. The summed E-state index contributed by atoms with van der Waals surface area (Å²) in [6.07, 6.45) is 0.812. The van der Waals surface area contributed by atoms with Gasteiger partial charge in [0.05, 0.1) is 0 Å². The molecular weight excluding hydrogens is 364 g/mol. The molecule has 1 aromatic rings. The Morgan fingerprint density at radius 2 is 1.61 bits per heavy atom. The van der Waals surface area contributed by atoms with Crippen molar-refractivity contribution >= 4 is 12.0 Å². The van der Waals surface area contributed by atoms with Crippen LogP contribution in [0.2, 0.25) is 0 Å². The van der Waals surface area contributed by atoms with Gasteiger partial charge >= 0.3 is 5.97 Å². The Morgan fingerprint density at radius 1 is 0.964 bits per heavy atom. The van der Waals surface area contributed by atoms with Crippen molar-refractivity contribution in [1.29, 1.82) is 0 Å². The van der Waals surface area contributed by atoms with Crippen LogP contribution in [0.1, 0.15) is 33.3 Å². The average molecular weight is 390 g/mol. The third kappa shape index (κ3) is 4.14. The number of rotatable bonds is 4. The molecule has 7 nitrogen and oxygen atoms in total. The zero-order chi connectivity index (χ0) is 19.9. The van der Waals surface area contributed by atoms with Crippen molar-refractivity contribution in [2.75, 3.05) is 6.61 Å². The first-order valence-corrected chi connectivity index (χ1v) is 9.49. The van der Waals surface area contributed by atoms with Crippen LogP contribution in [0.3, 0.4) is 0 Å². The van der Waals surface area contributed by atoms with E-state index < -0.39 is 42.1 Å². The van der Waals surface area contributed by atoms with Crippen LogP contribution >= 0.6 is 0 Å². The third-order valence-electron chi connectivity index (χ3n) is 4.85. The molecule has 0 bridgehead atoms. The van der Waals surface area contributed by atoms with Gasteiger partial charge in [-0.05, 0) is 39.3 Å². The molecule has 0 saturated carbocycles. The second-order valence-corrected chi connectivity index (χ2v) is 8.08. The van der Waals surface area contributed by atoms with Crippen LogP contribution in [0, 0.1) is 0 Å². The van der Waals surface area contributed by atoms with Gasteiger partial charge in [-0.2, -0.15) is 0 Å². The number of ether oxygens (including phenoxy) is 6. The Hall–Kier alpha value is -1.77. The highest BCUT2D eigenvalue weighted by Gasteiger charge is 2.60. The summed E-state index contributed by atoms with van der Waals surface area (Å²) in [7, 11) is 0. The number of benzene rings is 1. The molecular formula is C21H26O7. The van der Waals surface area contributed by atoms with E-state index in [1.54, 1.807) is 6.08 Å². The van der Waals surface area contributed by atoms with E-state index in [2.05, 4.69) is 0 Å². The lowest BCUT2D eigenvalue weighted by Crippen LogP contribution is -2.56. The summed E-state index contributed by atoms with van der Waals surface area (Å²) < 4.78 is 35.2. The minimum absolute atomic E-state index is 0.0333. The molecule has 7 heteroatoms. The summed E-state index contributed by atoms with van der Waals surface area (Å²) >= 11 is 0. The molecule has 0 N–H and O–H groups in total. The van der Waals surface area contributed by atoms with Gasteiger partial charge < -0.3 is 28.4 Å². The highest BCUT2D eigenvalue weighted by molar-refractivity contribution is 5.87. The third-order valence-corrected chi connectivity index (χ3v) is 4.85. The lowest BCUT2D eigenvalue weighted by Gasteiger charge is -2.36. The Bertz CT molecular complexity index is 742. The van der Waals surface area contributed by atoms with Gasteiger partial charge in [-0.1, -0.05) is 30.3 Å². The number of hydrogen-bond donors (Lipinski definition) is 0. The second-order valence-electron chi connectivity index (χ2n) is 8.08. The van der Waals surface area contributed by atoms with Gasteiger partial charge in [0.25, 0.3) is 0 Å². The van der Waals surface area contributed by atoms with Crippen molar-refractivity contribution in [3.63, 3.8) is 0 Å². The summed E-state index contributed by atoms with van der Waals surface area (Å²) in [4.78, 5) is 12.1. The van der Waals surface area contributed by atoms with E-state index in [0.717, 1.165) is 5.56 Å². The summed E-state index contributed by atoms with van der Waals surface area (Å²) in [6, 6.07) is 9.54. The first-order chi connectivity index (χ1) is 13.2. The lowest BCUT2D eigenvalue weighted by molar-refractivity contribution is -0.242. The number of hydrogen-bond acceptors (Lipinski definition) is 7. The predicted molar refractivity (Wildman–Crippen MR) is 99.0 cm³/mol. The van der Waals surface area contributed by atoms with Crippen LogP contribution in [0.5, 0.6) is 0 Å². The van der Waals surface area contributed by atoms with Gasteiger partial charge in [0.1, 0.15) is 31.0 Å². The minimum atomic E-state index is -0.779. The summed E-state index contributed by atoms with van der Waals surface area (Å²) in [5, 5.41) is 0. The fraction of sp³-hybridized carbons (Fsp3) is 0.571. The van der Waals surface area contributed by atoms with Gasteiger partial charge in [-0.25, -0.2) is 4.79 Å². The molecule has 0 spiro atoms. The molecule has 3 heterocycles. The number of esters is 1. The Labute approximate surface area is 164 Å². The molecule has 0 amide bonds. The fourth-order valence-electron chi connectivity index (χ4n) is 3.77. The molecule has 5 atom stereocenters. The highest BCUT2D eigenvalue weighted by Crippen LogP contribution is 2.44. The van der Waals surface area contributed by atoms with Gasteiger partial charge in [0, 0.05) is 6.08 Å². The highest BCUT2D eigenvalue weighted by atomic mass is 16.9. The van der Waals surface area contributed by atoms with Crippen molar-refractivity contribution in [2.45, 2.75) is 70.0 Å². The van der Waals surface area contributed by atoms with Crippen LogP contribution < -0.4 is 0 Å². The molecule has 3 saturated heterocycles. The van der Waals surface area contributed by atoms with E-state index in [1.807, 2.05) is 58.0 Å². The SMILES string of the molecule is CC1(C)OC2OC(COC(=O)/C=C/c3ccccc3)C3OC(C)(C)OC3C2O1. The maximum atomic E-state index is 12.1. The Balaban J connectivity index is 1.41. The standard InChI is InChI=1S/C21H26O7/c1-20(2)25-16-14(12-23-15(22)11-10-13-8-6-5-7-9-13)24-19-18(17(16)26-20)27-21(3,4)28-19/h5-11,14,16-19H,12H2,1-4H3/b11-10+. The lowest BCUT2D eigenvalue weighted by atomic mass is 9.99. The molecule has 0 aliphatic carbocycles. The Morgan fingerprint density at radius 3 is 2.36 bits per heavy atom. The van der Waals surface area contributed by atoms with Crippen molar-refractivity contribution in [3.8, 4) is 0 Å². The predicted octanol–water partition coefficient (Wildman–Crippen LogP) is 2.64. The van der Waals surface area contributed by atoms with E-state index in [0.29, 0.717) is 0 Å². The van der Waals surface area contributed by atoms with Crippen LogP contribution in [0.4, 0.5) is 0 Å². The maximum Gasteiger partial charge on any atom is 0.330 e. The van der Waals surface area contributed by atoms with Crippen LogP contribution in [-0.2, 0) is 33.2 Å². The van der Waals surface area contributed by atoms with Crippen molar-refractivity contribution in [2.24, 2.45) is 0 Å². The van der Waals surface area contributed by atoms with Gasteiger partial charge in [-0.3, -0.25) is 0 Å². The normalized spacial score (nSPS) is 35.5. The second kappa shape index (κ2) is 7.24. The van der Waals surface area contributed by atoms with Crippen LogP contribution in [0.25, 0.3) is 6.08 Å². The number of carbonyl (C=O) groups excluding carboxylic acids is 1. The molecule has 1 aromatic carbocycles. The summed E-state index contributed by atoms with van der Waals surface area (Å²) in [5.74, 6) is -2.01. The summed E-state index contributed by atoms with van der Waals surface area (Å²) in [6.45, 7) is 7.37. The van der Waals surface area contributed by atoms with Gasteiger partial charge in [0.15, 0.2) is 17.9 Å². The first kappa shape index (κ1) is 19.5. The molecule has 0 aromatic heterocycles. The van der Waals surface area contributed by atoms with Gasteiger partial charge in [0.2, 0.25) is 0 Å². The minimum Gasteiger partial charge on any atom is -0.460 e. The van der Waals surface area contributed by atoms with E-state index >= 15 is 0 Å². The molecule has 4 rings (SSSR count). The first-order valence-electron chi connectivity index (χ1n) is 9.49. The van der Waals surface area contributed by atoms with E-state index in [-0.39, 0.29) is 12.7 Å². The van der Waals surface area contributed by atoms with Gasteiger partial charge in [-0.15, -0.1) is 0 Å². The zero-order valence-corrected chi connectivity index (χ0v) is 16.5. The van der Waals surface area contributed by atoms with Crippen molar-refractivity contribution in [3.05, 3.63) is 42.0 Å². The Kier molecular flexibility index (Phi) is 5.05. The van der Waals surface area contributed by atoms with E-state index in [4.69, 9.17) is 28.4 Å². The van der Waals surface area contributed by atoms with Crippen molar-refractivity contribution in [1.82, 2.24) is 0 Å². The fourth-order valence-corrected chi connectivity index (χ4v) is 3.77. The largest absolute Gasteiger partial charge is 0.460 e. The molecule has 5 unspecified atom stereocenters. The van der Waals surface area contributed by atoms with Crippen molar-refractivity contribution < 1.29 is 33.2 Å². The topological polar surface area (TPSA) is 72.5 Å². The number of fused-ring (bicyclic) bond motifs is 3. The summed E-state index contributed by atoms with van der Waals surface area (Å²) in [5.41, 5.74) is 0.921. The molecule has 3 aliphatic heterocycles. The molecule has 3 aliphatic rings. The van der Waals surface area contributed by atoms with E-state index in [9.17, 15) is 4.79 Å².